The molecule has 1 aromatic rings. The zero-order chi connectivity index (χ0) is 20.0. The van der Waals surface area contributed by atoms with Crippen LogP contribution in [-0.2, 0) is 11.2 Å². The quantitative estimate of drug-likeness (QED) is 0.701. The molecule has 0 radical (unpaired) electrons. The van der Waals surface area contributed by atoms with Crippen LogP contribution in [0, 0.1) is 0 Å². The summed E-state index contributed by atoms with van der Waals surface area (Å²) in [6.45, 7) is 8.86. The minimum atomic E-state index is -0.635. The van der Waals surface area contributed by atoms with E-state index in [0.29, 0.717) is 13.0 Å². The molecule has 0 spiro atoms. The number of anilines is 1. The number of hydrogen-bond donors (Lipinski definition) is 1. The second-order valence-electron chi connectivity index (χ2n) is 8.80. The van der Waals surface area contributed by atoms with Crippen LogP contribution >= 0.6 is 27.5 Å². The van der Waals surface area contributed by atoms with E-state index < -0.39 is 11.1 Å². The molecule has 2 aliphatic heterocycles. The third-order valence-corrected chi connectivity index (χ3v) is 6.18. The largest absolute Gasteiger partial charge is 0.444 e. The number of rotatable bonds is 2. The van der Waals surface area contributed by atoms with Gasteiger partial charge in [-0.3, -0.25) is 4.90 Å². The van der Waals surface area contributed by atoms with E-state index in [-0.39, 0.29) is 18.7 Å². The Morgan fingerprint density at radius 2 is 2.15 bits per heavy atom. The predicted molar refractivity (Wildman–Crippen MR) is 112 cm³/mol. The Kier molecular flexibility index (Phi) is 5.72. The number of aliphatic hydroxyl groups is 1. The Morgan fingerprint density at radius 3 is 2.78 bits per heavy atom. The van der Waals surface area contributed by atoms with Gasteiger partial charge < -0.3 is 14.7 Å². The third kappa shape index (κ3) is 4.22. The molecule has 1 N–H and O–H groups in total. The highest BCUT2D eigenvalue weighted by Gasteiger charge is 2.48. The van der Waals surface area contributed by atoms with Crippen molar-refractivity contribution in [2.24, 2.45) is 0 Å². The lowest BCUT2D eigenvalue weighted by atomic mass is 9.95. The molecule has 0 saturated carbocycles. The van der Waals surface area contributed by atoms with Gasteiger partial charge in [-0.15, -0.1) is 0 Å². The van der Waals surface area contributed by atoms with Crippen molar-refractivity contribution in [1.82, 2.24) is 4.90 Å². The monoisotopic (exact) mass is 458 g/mol. The van der Waals surface area contributed by atoms with Gasteiger partial charge in [0.05, 0.1) is 17.8 Å². The van der Waals surface area contributed by atoms with E-state index in [1.54, 1.807) is 4.90 Å². The fourth-order valence-electron chi connectivity index (χ4n) is 4.13. The van der Waals surface area contributed by atoms with Crippen molar-refractivity contribution >= 4 is 39.3 Å². The van der Waals surface area contributed by atoms with Gasteiger partial charge >= 0.3 is 6.09 Å². The number of ether oxygens (including phenoxy) is 1. The molecule has 1 fully saturated rings. The molecular formula is C20H28BrClN2O3. The second kappa shape index (κ2) is 7.45. The zero-order valence-corrected chi connectivity index (χ0v) is 18.7. The van der Waals surface area contributed by atoms with E-state index in [9.17, 15) is 9.90 Å². The predicted octanol–water partition coefficient (Wildman–Crippen LogP) is 4.62. The van der Waals surface area contributed by atoms with Gasteiger partial charge in [-0.2, -0.15) is 0 Å². The smallest absolute Gasteiger partial charge is 0.410 e. The van der Waals surface area contributed by atoms with Crippen molar-refractivity contribution in [3.8, 4) is 0 Å². The lowest BCUT2D eigenvalue weighted by Crippen LogP contribution is -2.49. The highest BCUT2D eigenvalue weighted by molar-refractivity contribution is 9.10. The maximum Gasteiger partial charge on any atom is 0.410 e. The Labute approximate surface area is 174 Å². The van der Waals surface area contributed by atoms with Crippen LogP contribution in [0.4, 0.5) is 10.5 Å². The van der Waals surface area contributed by atoms with Crippen LogP contribution in [0.25, 0.3) is 0 Å². The molecule has 1 aromatic carbocycles. The number of aryl methyl sites for hydroxylation is 1. The van der Waals surface area contributed by atoms with Gasteiger partial charge in [-0.1, -0.05) is 11.6 Å². The molecule has 1 saturated heterocycles. The van der Waals surface area contributed by atoms with Crippen LogP contribution in [0.1, 0.15) is 46.1 Å². The first-order chi connectivity index (χ1) is 12.5. The summed E-state index contributed by atoms with van der Waals surface area (Å²) in [5, 5.41) is 10.8. The highest BCUT2D eigenvalue weighted by atomic mass is 79.9. The lowest BCUT2D eigenvalue weighted by Gasteiger charge is -2.37. The molecule has 27 heavy (non-hydrogen) atoms. The molecule has 0 aromatic heterocycles. The molecule has 7 heteroatoms. The molecule has 5 nitrogen and oxygen atoms in total. The average molecular weight is 460 g/mol. The van der Waals surface area contributed by atoms with Gasteiger partial charge in [-0.05, 0) is 80.6 Å². The van der Waals surface area contributed by atoms with Crippen LogP contribution in [-0.4, -0.2) is 53.0 Å². The summed E-state index contributed by atoms with van der Waals surface area (Å²) >= 11 is 9.90. The van der Waals surface area contributed by atoms with Crippen molar-refractivity contribution in [1.29, 1.82) is 0 Å². The molecule has 150 valence electrons. The number of nitrogens with zero attached hydrogens (tertiary/aromatic N) is 2. The first-order valence-electron chi connectivity index (χ1n) is 9.40. The van der Waals surface area contributed by atoms with Crippen molar-refractivity contribution in [2.75, 3.05) is 24.6 Å². The number of carbonyl (C=O) groups is 1. The number of hydrogen-bond acceptors (Lipinski definition) is 4. The maximum absolute atomic E-state index is 12.8. The van der Waals surface area contributed by atoms with E-state index >= 15 is 0 Å². The van der Waals surface area contributed by atoms with E-state index in [2.05, 4.69) is 20.8 Å². The van der Waals surface area contributed by atoms with Gasteiger partial charge in [-0.25, -0.2) is 4.79 Å². The van der Waals surface area contributed by atoms with Crippen LogP contribution in [0.5, 0.6) is 0 Å². The molecular weight excluding hydrogens is 432 g/mol. The summed E-state index contributed by atoms with van der Waals surface area (Å²) < 4.78 is 6.57. The van der Waals surface area contributed by atoms with E-state index in [1.165, 1.54) is 5.56 Å². The van der Waals surface area contributed by atoms with Gasteiger partial charge in [0.25, 0.3) is 0 Å². The van der Waals surface area contributed by atoms with E-state index in [4.69, 9.17) is 16.3 Å². The molecule has 1 amide bonds. The van der Waals surface area contributed by atoms with Crippen molar-refractivity contribution in [3.05, 3.63) is 27.2 Å². The zero-order valence-electron chi connectivity index (χ0n) is 16.4. The van der Waals surface area contributed by atoms with Gasteiger partial charge in [0.15, 0.2) is 0 Å². The minimum Gasteiger partial charge on any atom is -0.444 e. The van der Waals surface area contributed by atoms with Crippen LogP contribution < -0.4 is 4.90 Å². The van der Waals surface area contributed by atoms with Crippen molar-refractivity contribution in [2.45, 2.75) is 64.1 Å². The van der Waals surface area contributed by atoms with Crippen LogP contribution in [0.3, 0.4) is 0 Å². The van der Waals surface area contributed by atoms with Crippen molar-refractivity contribution < 1.29 is 14.6 Å². The number of benzene rings is 1. The number of halogens is 2. The first kappa shape index (κ1) is 20.7. The second-order valence-corrected chi connectivity index (χ2v) is 10.1. The molecule has 0 aliphatic carbocycles. The Hall–Kier alpha value is -0.980. The lowest BCUT2D eigenvalue weighted by molar-refractivity contribution is -0.0000871. The summed E-state index contributed by atoms with van der Waals surface area (Å²) in [4.78, 5) is 16.8. The number of aliphatic hydroxyl groups excluding tert-OH is 1. The average Bonchev–Trinajstić information content (AvgIpc) is 2.91. The number of likely N-dealkylation sites (tertiary alicyclic amines) is 1. The summed E-state index contributed by atoms with van der Waals surface area (Å²) in [5.41, 5.74) is 1.18. The first-order valence-corrected chi connectivity index (χ1v) is 10.6. The topological polar surface area (TPSA) is 53.0 Å². The fraction of sp³-hybridized carbons (Fsp3) is 0.650. The number of amides is 1. The van der Waals surface area contributed by atoms with Crippen LogP contribution in [0.2, 0.25) is 5.02 Å². The Balaban J connectivity index is 1.89. The standard InChI is InChI=1S/C20H28BrClN2O3/c1-19(2,3)27-18(26)24-11-15(10-20(24,4)12-25)23-7-5-6-13-8-14(22)9-16(21)17(13)23/h8-9,15,25H,5-7,10-12H2,1-4H3/t15-,20+/m1/s1. The van der Waals surface area contributed by atoms with Gasteiger partial charge in [0, 0.05) is 28.6 Å². The number of carbonyl (C=O) groups excluding carboxylic acids is 1. The SMILES string of the molecule is CC(C)(C)OC(=O)N1C[C@H](N2CCCc3cc(Cl)cc(Br)c32)C[C@@]1(C)CO. The maximum atomic E-state index is 12.8. The minimum absolute atomic E-state index is 0.0920. The molecule has 0 unspecified atom stereocenters. The third-order valence-electron chi connectivity index (χ3n) is 5.36. The highest BCUT2D eigenvalue weighted by Crippen LogP contribution is 2.42. The molecule has 2 heterocycles. The van der Waals surface area contributed by atoms with E-state index in [0.717, 1.165) is 34.6 Å². The Bertz CT molecular complexity index is 737. The van der Waals surface area contributed by atoms with Gasteiger partial charge in [0.2, 0.25) is 0 Å². The van der Waals surface area contributed by atoms with Crippen molar-refractivity contribution in [3.63, 3.8) is 0 Å². The molecule has 2 aliphatic rings. The summed E-state index contributed by atoms with van der Waals surface area (Å²) in [6, 6.07) is 4.07. The molecule has 2 atom stereocenters. The summed E-state index contributed by atoms with van der Waals surface area (Å²) in [5.74, 6) is 0. The van der Waals surface area contributed by atoms with Crippen LogP contribution in [0.15, 0.2) is 16.6 Å². The number of fused-ring (bicyclic) bond motifs is 1. The fourth-order valence-corrected chi connectivity index (χ4v) is 5.23. The van der Waals surface area contributed by atoms with Gasteiger partial charge in [0.1, 0.15) is 5.60 Å². The Morgan fingerprint density at radius 1 is 1.44 bits per heavy atom. The molecule has 0 bridgehead atoms. The summed E-state index contributed by atoms with van der Waals surface area (Å²) in [7, 11) is 0. The summed E-state index contributed by atoms with van der Waals surface area (Å²) in [6.07, 6.45) is 2.36. The normalized spacial score (nSPS) is 25.5. The molecule has 3 rings (SSSR count). The van der Waals surface area contributed by atoms with E-state index in [1.807, 2.05) is 39.8 Å².